The van der Waals surface area contributed by atoms with E-state index in [2.05, 4.69) is 0 Å². The molecule has 0 aromatic heterocycles. The number of hydrogen-bond acceptors (Lipinski definition) is 1. The van der Waals surface area contributed by atoms with Crippen LogP contribution in [0.5, 0.6) is 0 Å². The lowest BCUT2D eigenvalue weighted by molar-refractivity contribution is 0.164. The van der Waals surface area contributed by atoms with Crippen molar-refractivity contribution in [1.82, 2.24) is 0 Å². The van der Waals surface area contributed by atoms with Gasteiger partial charge in [-0.2, -0.15) is 0 Å². The van der Waals surface area contributed by atoms with Gasteiger partial charge >= 0.3 is 0 Å². The van der Waals surface area contributed by atoms with Crippen molar-refractivity contribution < 1.29 is 5.11 Å². The molecule has 1 atom stereocenters. The fraction of sp³-hybridized carbons (Fsp3) is 0.500. The number of aryl methyl sites for hydroxylation is 1. The first-order valence-electron chi connectivity index (χ1n) is 5.12. The van der Waals surface area contributed by atoms with Crippen molar-refractivity contribution in [2.24, 2.45) is 0 Å². The van der Waals surface area contributed by atoms with Gasteiger partial charge in [-0.25, -0.2) is 0 Å². The molecule has 84 valence electrons. The van der Waals surface area contributed by atoms with E-state index in [9.17, 15) is 5.11 Å². The van der Waals surface area contributed by atoms with Gasteiger partial charge in [-0.1, -0.05) is 23.7 Å². The fourth-order valence-corrected chi connectivity index (χ4v) is 1.95. The summed E-state index contributed by atoms with van der Waals surface area (Å²) in [6, 6.07) is 5.90. The largest absolute Gasteiger partial charge is 0.393 e. The van der Waals surface area contributed by atoms with Crippen LogP contribution in [0.2, 0.25) is 5.02 Å². The molecule has 0 saturated carbocycles. The van der Waals surface area contributed by atoms with Crippen molar-refractivity contribution in [1.29, 1.82) is 0 Å². The molecule has 0 bridgehead atoms. The van der Waals surface area contributed by atoms with E-state index in [4.69, 9.17) is 23.2 Å². The third-order valence-corrected chi connectivity index (χ3v) is 2.95. The fourth-order valence-electron chi connectivity index (χ4n) is 1.49. The summed E-state index contributed by atoms with van der Waals surface area (Å²) >= 11 is 11.6. The SMILES string of the molecule is Cc1ccc(CC(O)CCCCl)c(Cl)c1. The smallest absolute Gasteiger partial charge is 0.0581 e. The number of alkyl halides is 1. The van der Waals surface area contributed by atoms with Crippen molar-refractivity contribution in [3.63, 3.8) is 0 Å². The van der Waals surface area contributed by atoms with Gasteiger partial charge in [0.25, 0.3) is 0 Å². The monoisotopic (exact) mass is 246 g/mol. The highest BCUT2D eigenvalue weighted by Gasteiger charge is 2.08. The van der Waals surface area contributed by atoms with Crippen LogP contribution in [0.15, 0.2) is 18.2 Å². The van der Waals surface area contributed by atoms with Gasteiger partial charge in [0.05, 0.1) is 6.10 Å². The van der Waals surface area contributed by atoms with Crippen LogP contribution < -0.4 is 0 Å². The molecule has 0 aliphatic rings. The summed E-state index contributed by atoms with van der Waals surface area (Å²) < 4.78 is 0. The minimum atomic E-state index is -0.344. The van der Waals surface area contributed by atoms with E-state index in [1.54, 1.807) is 0 Å². The van der Waals surface area contributed by atoms with Gasteiger partial charge in [0.2, 0.25) is 0 Å². The molecule has 0 heterocycles. The molecule has 1 rings (SSSR count). The third kappa shape index (κ3) is 4.42. The maximum Gasteiger partial charge on any atom is 0.0581 e. The first-order chi connectivity index (χ1) is 7.13. The van der Waals surface area contributed by atoms with Crippen LogP contribution in [-0.2, 0) is 6.42 Å². The third-order valence-electron chi connectivity index (χ3n) is 2.34. The van der Waals surface area contributed by atoms with Gasteiger partial charge < -0.3 is 5.11 Å². The second-order valence-electron chi connectivity index (χ2n) is 3.78. The van der Waals surface area contributed by atoms with Gasteiger partial charge in [-0.05, 0) is 43.4 Å². The lowest BCUT2D eigenvalue weighted by Crippen LogP contribution is -2.10. The van der Waals surface area contributed by atoms with Crippen LogP contribution in [0.25, 0.3) is 0 Å². The summed E-state index contributed by atoms with van der Waals surface area (Å²) in [5, 5.41) is 10.4. The minimum Gasteiger partial charge on any atom is -0.393 e. The summed E-state index contributed by atoms with van der Waals surface area (Å²) in [7, 11) is 0. The molecule has 0 fully saturated rings. The second kappa shape index (κ2) is 6.37. The Labute approximate surface area is 101 Å². The number of benzene rings is 1. The Kier molecular flexibility index (Phi) is 5.44. The average molecular weight is 247 g/mol. The van der Waals surface area contributed by atoms with Gasteiger partial charge in [0, 0.05) is 10.9 Å². The van der Waals surface area contributed by atoms with Crippen molar-refractivity contribution in [2.75, 3.05) is 5.88 Å². The Balaban J connectivity index is 2.56. The molecule has 1 N–H and O–H groups in total. The van der Waals surface area contributed by atoms with E-state index in [1.807, 2.05) is 25.1 Å². The molecule has 3 heteroatoms. The van der Waals surface area contributed by atoms with Crippen molar-refractivity contribution in [2.45, 2.75) is 32.3 Å². The predicted molar refractivity (Wildman–Crippen MR) is 65.9 cm³/mol. The quantitative estimate of drug-likeness (QED) is 0.788. The van der Waals surface area contributed by atoms with Crippen LogP contribution in [0.3, 0.4) is 0 Å². The summed E-state index contributed by atoms with van der Waals surface area (Å²) in [6.07, 6.45) is 1.83. The number of hydrogen-bond donors (Lipinski definition) is 1. The lowest BCUT2D eigenvalue weighted by atomic mass is 10.0. The standard InChI is InChI=1S/C12H16Cl2O/c1-9-4-5-10(12(14)7-9)8-11(15)3-2-6-13/h4-5,7,11,15H,2-3,6,8H2,1H3. The molecular weight excluding hydrogens is 231 g/mol. The first kappa shape index (κ1) is 12.8. The zero-order valence-electron chi connectivity index (χ0n) is 8.84. The van der Waals surface area contributed by atoms with Crippen LogP contribution in [0, 0.1) is 6.92 Å². The van der Waals surface area contributed by atoms with Gasteiger partial charge in [0.1, 0.15) is 0 Å². The maximum atomic E-state index is 9.71. The number of aliphatic hydroxyl groups excluding tert-OH is 1. The molecule has 0 aliphatic carbocycles. The van der Waals surface area contributed by atoms with Gasteiger partial charge in [0.15, 0.2) is 0 Å². The Bertz CT molecular complexity index is 312. The summed E-state index contributed by atoms with van der Waals surface area (Å²) in [4.78, 5) is 0. The van der Waals surface area contributed by atoms with Crippen LogP contribution in [-0.4, -0.2) is 17.1 Å². The van der Waals surface area contributed by atoms with E-state index >= 15 is 0 Å². The van der Waals surface area contributed by atoms with E-state index in [0.29, 0.717) is 12.3 Å². The van der Waals surface area contributed by atoms with Gasteiger partial charge in [-0.3, -0.25) is 0 Å². The lowest BCUT2D eigenvalue weighted by Gasteiger charge is -2.11. The summed E-state index contributed by atoms with van der Waals surface area (Å²) in [6.45, 7) is 2.00. The summed E-state index contributed by atoms with van der Waals surface area (Å²) in [5.41, 5.74) is 2.14. The normalized spacial score (nSPS) is 12.8. The van der Waals surface area contributed by atoms with E-state index < -0.39 is 0 Å². The summed E-state index contributed by atoms with van der Waals surface area (Å²) in [5.74, 6) is 0.596. The molecule has 1 aromatic rings. The molecule has 0 aliphatic heterocycles. The Morgan fingerprint density at radius 2 is 2.13 bits per heavy atom. The van der Waals surface area contributed by atoms with E-state index in [1.165, 1.54) is 0 Å². The molecule has 1 unspecified atom stereocenters. The molecule has 0 amide bonds. The molecular formula is C12H16Cl2O. The Hall–Kier alpha value is -0.240. The molecule has 0 saturated heterocycles. The van der Waals surface area contributed by atoms with Crippen LogP contribution in [0.4, 0.5) is 0 Å². The molecule has 15 heavy (non-hydrogen) atoms. The van der Waals surface area contributed by atoms with E-state index in [0.717, 1.165) is 29.0 Å². The zero-order chi connectivity index (χ0) is 11.3. The number of halogens is 2. The first-order valence-corrected chi connectivity index (χ1v) is 6.04. The molecule has 0 radical (unpaired) electrons. The maximum absolute atomic E-state index is 9.71. The van der Waals surface area contributed by atoms with Gasteiger partial charge in [-0.15, -0.1) is 11.6 Å². The molecule has 0 spiro atoms. The van der Waals surface area contributed by atoms with Crippen molar-refractivity contribution in [3.05, 3.63) is 34.3 Å². The zero-order valence-corrected chi connectivity index (χ0v) is 10.4. The molecule has 1 aromatic carbocycles. The predicted octanol–water partition coefficient (Wildman–Crippen LogP) is 3.57. The topological polar surface area (TPSA) is 20.2 Å². The number of rotatable bonds is 5. The molecule has 1 nitrogen and oxygen atoms in total. The Morgan fingerprint density at radius 3 is 2.73 bits per heavy atom. The van der Waals surface area contributed by atoms with Crippen molar-refractivity contribution >= 4 is 23.2 Å². The highest BCUT2D eigenvalue weighted by atomic mass is 35.5. The highest BCUT2D eigenvalue weighted by molar-refractivity contribution is 6.31. The second-order valence-corrected chi connectivity index (χ2v) is 4.57. The highest BCUT2D eigenvalue weighted by Crippen LogP contribution is 2.20. The average Bonchev–Trinajstić information content (AvgIpc) is 2.19. The van der Waals surface area contributed by atoms with E-state index in [-0.39, 0.29) is 6.10 Å². The van der Waals surface area contributed by atoms with Crippen LogP contribution >= 0.6 is 23.2 Å². The minimum absolute atomic E-state index is 0.344. The number of aliphatic hydroxyl groups is 1. The van der Waals surface area contributed by atoms with Crippen molar-refractivity contribution in [3.8, 4) is 0 Å². The van der Waals surface area contributed by atoms with Crippen LogP contribution in [0.1, 0.15) is 24.0 Å². The Morgan fingerprint density at radius 1 is 1.40 bits per heavy atom.